The van der Waals surface area contributed by atoms with Crippen LogP contribution in [0.25, 0.3) is 66.9 Å². The van der Waals surface area contributed by atoms with E-state index < -0.39 is 46.8 Å². The van der Waals surface area contributed by atoms with Gasteiger partial charge in [-0.15, -0.1) is 0 Å². The van der Waals surface area contributed by atoms with Crippen LogP contribution in [0.3, 0.4) is 0 Å². The van der Waals surface area contributed by atoms with Crippen LogP contribution in [0.2, 0.25) is 36.3 Å². The molecule has 0 aliphatic heterocycles. The lowest BCUT2D eigenvalue weighted by Crippen LogP contribution is -2.58. The summed E-state index contributed by atoms with van der Waals surface area (Å²) in [5.74, 6) is -1.52. The number of fused-ring (bicyclic) bond motifs is 4. The molecule has 0 aliphatic carbocycles. The second kappa shape index (κ2) is 19.6. The number of aromatic amines is 2. The summed E-state index contributed by atoms with van der Waals surface area (Å²) in [6, 6.07) is 8.87. The standard InChI is InChI=1S/C31H47FN6O3Si2.C19H19FN6O3/c1-29(2,3)42(9,10)40-18-31(7,19-41-43(11,12)30(4,5)6)36-28(39)22-16-33-27-26(22)35-23(17-34-27)25-21-14-13-20(32)15-24(21)38(8)37-25;1-19(8-27,9-28)24-18(29)12-6-21-17-16(12)23-13(7-22-17)15-11-4-3-10(20)5-14(11)26(2)25-15/h13-17H,18-19H2,1-12H3,(H,33,34)(H,36,39);3-7,27-28H,8-9H2,1-2H3,(H,21,22)(H,24,29). The van der Waals surface area contributed by atoms with Crippen molar-refractivity contribution >= 4 is 72.6 Å². The maximum Gasteiger partial charge on any atom is 0.255 e. The Kier molecular flexibility index (Phi) is 14.6. The molecule has 0 saturated carbocycles. The highest BCUT2D eigenvalue weighted by atomic mass is 28.4. The van der Waals surface area contributed by atoms with Gasteiger partial charge < -0.3 is 39.7 Å². The van der Waals surface area contributed by atoms with Crippen LogP contribution < -0.4 is 10.6 Å². The molecule has 0 saturated heterocycles. The molecule has 22 heteroatoms. The highest BCUT2D eigenvalue weighted by molar-refractivity contribution is 6.74. The van der Waals surface area contributed by atoms with Crippen molar-refractivity contribution in [2.24, 2.45) is 14.1 Å². The van der Waals surface area contributed by atoms with Gasteiger partial charge in [-0.05, 0) is 86.5 Å². The van der Waals surface area contributed by atoms with Gasteiger partial charge >= 0.3 is 0 Å². The molecule has 0 fully saturated rings. The third-order valence-corrected chi connectivity index (χ3v) is 23.0. The van der Waals surface area contributed by atoms with Crippen molar-refractivity contribution < 1.29 is 37.4 Å². The van der Waals surface area contributed by atoms with Gasteiger partial charge in [0, 0.05) is 37.3 Å². The number of aliphatic hydroxyl groups is 2. The van der Waals surface area contributed by atoms with Crippen molar-refractivity contribution in [2.45, 2.75) is 103 Å². The number of hydrogen-bond donors (Lipinski definition) is 6. The zero-order valence-corrected chi connectivity index (χ0v) is 45.5. The van der Waals surface area contributed by atoms with Crippen LogP contribution in [0.4, 0.5) is 8.78 Å². The quantitative estimate of drug-likeness (QED) is 0.0565. The second-order valence-electron chi connectivity index (χ2n) is 22.0. The predicted octanol–water partition coefficient (Wildman–Crippen LogP) is 8.31. The first kappa shape index (κ1) is 53.5. The summed E-state index contributed by atoms with van der Waals surface area (Å²) < 4.78 is 43.9. The van der Waals surface area contributed by atoms with Crippen molar-refractivity contribution in [3.8, 4) is 22.8 Å². The molecular weight excluding hydrogens is 959 g/mol. The van der Waals surface area contributed by atoms with Crippen LogP contribution in [0.1, 0.15) is 76.1 Å². The summed E-state index contributed by atoms with van der Waals surface area (Å²) in [5.41, 5.74) is 3.48. The summed E-state index contributed by atoms with van der Waals surface area (Å²) in [7, 11) is -0.765. The molecule has 0 bridgehead atoms. The minimum absolute atomic E-state index is 0.0163. The minimum atomic E-state index is -2.11. The van der Waals surface area contributed by atoms with Gasteiger partial charge in [0.15, 0.2) is 27.9 Å². The van der Waals surface area contributed by atoms with Crippen LogP contribution in [0, 0.1) is 11.6 Å². The fraction of sp³-hybridized carbons (Fsp3) is 0.440. The number of carbonyl (C=O) groups is 2. The van der Waals surface area contributed by atoms with Gasteiger partial charge in [-0.25, -0.2) is 28.7 Å². The topological polar surface area (TPSA) is 236 Å². The van der Waals surface area contributed by atoms with E-state index in [1.807, 2.05) is 6.92 Å². The SMILES string of the molecule is Cn1nc(-c2cnc3[nH]cc(C(=O)NC(C)(CO)CO)c3n2)c2ccc(F)cc21.Cn1nc(-c2cnc3[nH]cc(C(=O)NC(C)(CO[Si](C)(C)C(C)(C)C)CO[Si](C)(C)C(C)(C)C)c3n2)c2ccc(F)cc21. The monoisotopic (exact) mass is 1020 g/mol. The third kappa shape index (κ3) is 10.9. The first-order valence-corrected chi connectivity index (χ1v) is 29.4. The fourth-order valence-electron chi connectivity index (χ4n) is 7.23. The molecule has 384 valence electrons. The van der Waals surface area contributed by atoms with Crippen LogP contribution in [0.5, 0.6) is 0 Å². The summed E-state index contributed by atoms with van der Waals surface area (Å²) >= 11 is 0. The van der Waals surface area contributed by atoms with E-state index in [9.17, 15) is 28.6 Å². The lowest BCUT2D eigenvalue weighted by Gasteiger charge is -2.43. The average molecular weight is 1030 g/mol. The lowest BCUT2D eigenvalue weighted by molar-refractivity contribution is 0.0724. The van der Waals surface area contributed by atoms with Gasteiger partial charge in [-0.1, -0.05) is 41.5 Å². The molecule has 6 heterocycles. The molecule has 2 amide bonds. The number of halogens is 2. The molecule has 0 unspecified atom stereocenters. The Bertz CT molecular complexity index is 3280. The number of nitrogens with one attached hydrogen (secondary N) is 4. The van der Waals surface area contributed by atoms with E-state index in [2.05, 4.69) is 113 Å². The van der Waals surface area contributed by atoms with Crippen LogP contribution in [-0.2, 0) is 22.9 Å². The van der Waals surface area contributed by atoms with Crippen LogP contribution in [0.15, 0.2) is 61.2 Å². The minimum Gasteiger partial charge on any atom is -0.414 e. The number of benzene rings is 2. The number of aromatic nitrogens is 10. The molecule has 0 aliphatic rings. The van der Waals surface area contributed by atoms with Crippen molar-refractivity contribution in [1.29, 1.82) is 0 Å². The largest absolute Gasteiger partial charge is 0.414 e. The highest BCUT2D eigenvalue weighted by Crippen LogP contribution is 2.39. The van der Waals surface area contributed by atoms with Gasteiger partial charge in [0.1, 0.15) is 45.4 Å². The van der Waals surface area contributed by atoms with Crippen molar-refractivity contribution in [3.05, 3.63) is 83.9 Å². The third-order valence-electron chi connectivity index (χ3n) is 14.0. The number of carbonyl (C=O) groups excluding carboxylic acids is 2. The van der Waals surface area contributed by atoms with E-state index in [-0.39, 0.29) is 33.2 Å². The molecule has 8 rings (SSSR count). The van der Waals surface area contributed by atoms with E-state index in [1.54, 1.807) is 48.0 Å². The van der Waals surface area contributed by atoms with Crippen LogP contribution in [-0.4, -0.2) is 126 Å². The maximum atomic E-state index is 13.9. The zero-order chi connectivity index (χ0) is 52.9. The molecule has 8 aromatic rings. The van der Waals surface area contributed by atoms with Gasteiger partial charge in [0.25, 0.3) is 11.8 Å². The van der Waals surface area contributed by atoms with Gasteiger partial charge in [-0.2, -0.15) is 10.2 Å². The predicted molar refractivity (Wildman–Crippen MR) is 279 cm³/mol. The number of aliphatic hydroxyl groups excluding tert-OH is 2. The summed E-state index contributed by atoms with van der Waals surface area (Å²) in [5, 5.41) is 35.1. The summed E-state index contributed by atoms with van der Waals surface area (Å²) in [4.78, 5) is 50.7. The Morgan fingerprint density at radius 1 is 0.639 bits per heavy atom. The Hall–Kier alpha value is -6.31. The highest BCUT2D eigenvalue weighted by Gasteiger charge is 2.43. The van der Waals surface area contributed by atoms with Gasteiger partial charge in [0.2, 0.25) is 0 Å². The molecule has 0 spiro atoms. The molecule has 18 nitrogen and oxygen atoms in total. The Labute approximate surface area is 418 Å². The van der Waals surface area contributed by atoms with Crippen molar-refractivity contribution in [2.75, 3.05) is 26.4 Å². The van der Waals surface area contributed by atoms with Gasteiger partial charge in [-0.3, -0.25) is 19.0 Å². The summed E-state index contributed by atoms with van der Waals surface area (Å²) in [6.45, 7) is 25.3. The number of aryl methyl sites for hydroxylation is 2. The molecule has 6 N–H and O–H groups in total. The Morgan fingerprint density at radius 3 is 1.38 bits per heavy atom. The number of nitrogens with zero attached hydrogens (tertiary/aromatic N) is 8. The molecule has 72 heavy (non-hydrogen) atoms. The number of amides is 2. The first-order chi connectivity index (χ1) is 33.5. The van der Waals surface area contributed by atoms with E-state index in [4.69, 9.17) is 13.8 Å². The maximum absolute atomic E-state index is 13.9. The average Bonchev–Trinajstić information content (AvgIpc) is 4.10. The van der Waals surface area contributed by atoms with E-state index in [0.717, 1.165) is 5.39 Å². The smallest absolute Gasteiger partial charge is 0.255 e. The number of H-pyrrole nitrogens is 2. The van der Waals surface area contributed by atoms with Crippen molar-refractivity contribution in [1.82, 2.24) is 60.1 Å². The number of hydrogen-bond acceptors (Lipinski definition) is 12. The fourth-order valence-corrected chi connectivity index (χ4v) is 9.46. The van der Waals surface area contributed by atoms with Crippen molar-refractivity contribution in [3.63, 3.8) is 0 Å². The zero-order valence-electron chi connectivity index (χ0n) is 43.5. The van der Waals surface area contributed by atoms with Gasteiger partial charge in [0.05, 0.1) is 72.1 Å². The first-order valence-electron chi connectivity index (χ1n) is 23.6. The Balaban J connectivity index is 0.000000227. The molecule has 0 radical (unpaired) electrons. The number of rotatable bonds is 14. The van der Waals surface area contributed by atoms with E-state index >= 15 is 0 Å². The van der Waals surface area contributed by atoms with E-state index in [1.165, 1.54) is 43.6 Å². The van der Waals surface area contributed by atoms with Crippen LogP contribution >= 0.6 is 0 Å². The van der Waals surface area contributed by atoms with E-state index in [0.29, 0.717) is 80.3 Å². The Morgan fingerprint density at radius 2 is 1.01 bits per heavy atom. The second-order valence-corrected chi connectivity index (χ2v) is 31.6. The molecular formula is C50H66F2N12O6Si2. The normalized spacial score (nSPS) is 13.0. The summed E-state index contributed by atoms with van der Waals surface area (Å²) in [6.07, 6.45) is 6.22. The molecule has 0 atom stereocenters. The molecule has 2 aromatic carbocycles. The lowest BCUT2D eigenvalue weighted by atomic mass is 10.0. The molecule has 6 aromatic heterocycles.